The highest BCUT2D eigenvalue weighted by molar-refractivity contribution is 5.91. The molecule has 0 spiro atoms. The van der Waals surface area contributed by atoms with Crippen molar-refractivity contribution in [2.45, 2.75) is 58.5 Å². The Morgan fingerprint density at radius 1 is 1.26 bits per heavy atom. The van der Waals surface area contributed by atoms with E-state index in [2.05, 4.69) is 36.2 Å². The van der Waals surface area contributed by atoms with E-state index in [4.69, 9.17) is 9.72 Å². The van der Waals surface area contributed by atoms with Gasteiger partial charge in [-0.2, -0.15) is 0 Å². The maximum absolute atomic E-state index is 13.4. The van der Waals surface area contributed by atoms with Crippen molar-refractivity contribution in [3.63, 3.8) is 0 Å². The van der Waals surface area contributed by atoms with Crippen LogP contribution in [0.25, 0.3) is 22.3 Å². The van der Waals surface area contributed by atoms with Crippen molar-refractivity contribution in [3.8, 4) is 11.4 Å². The number of benzene rings is 1. The number of cyclic esters (lactones) is 1. The summed E-state index contributed by atoms with van der Waals surface area (Å²) in [5.74, 6) is -0.713. The van der Waals surface area contributed by atoms with Crippen molar-refractivity contribution < 1.29 is 14.6 Å². The first-order valence-corrected chi connectivity index (χ1v) is 11.7. The molecule has 5 rings (SSSR count). The number of ether oxygens (including phenoxy) is 1. The molecule has 2 aliphatic heterocycles. The predicted octanol–water partition coefficient (Wildman–Crippen LogP) is 2.96. The monoisotopic (exact) mass is 462 g/mol. The van der Waals surface area contributed by atoms with Crippen LogP contribution in [-0.2, 0) is 34.8 Å². The van der Waals surface area contributed by atoms with Crippen molar-refractivity contribution in [2.24, 2.45) is 0 Å². The number of nitrogens with zero attached hydrogens (tertiary/aromatic N) is 3. The van der Waals surface area contributed by atoms with E-state index in [-0.39, 0.29) is 24.6 Å². The third kappa shape index (κ3) is 3.32. The molecule has 34 heavy (non-hydrogen) atoms. The molecule has 8 nitrogen and oxygen atoms in total. The summed E-state index contributed by atoms with van der Waals surface area (Å²) >= 11 is 0. The molecule has 8 heteroatoms. The molecule has 1 atom stereocenters. The van der Waals surface area contributed by atoms with Gasteiger partial charge in [0.15, 0.2) is 5.60 Å². The molecule has 0 aliphatic carbocycles. The van der Waals surface area contributed by atoms with E-state index in [1.54, 1.807) is 17.6 Å². The summed E-state index contributed by atoms with van der Waals surface area (Å²) in [5.41, 5.74) is 3.96. The Hall–Kier alpha value is -3.23. The standard InChI is InChI=1S/C26H30N4O4/c1-6-26(33)19-10-22-23-15(11-30(22)24(31)18(19)13-34-25(26)32)9-16-17(12-29(4)5)21(27-14(2)3)8-7-20(16)28-23/h7-10,14,27,33H,6,11-13H2,1-5H3/t26-/m0/s1. The molecular weight excluding hydrogens is 432 g/mol. The fraction of sp³-hybridized carbons (Fsp3) is 0.423. The smallest absolute Gasteiger partial charge is 0.343 e. The lowest BCUT2D eigenvalue weighted by Crippen LogP contribution is -2.44. The first-order chi connectivity index (χ1) is 16.1. The number of carbonyl (C=O) groups is 1. The van der Waals surface area contributed by atoms with Crippen molar-refractivity contribution in [3.05, 3.63) is 56.9 Å². The molecule has 0 amide bonds. The van der Waals surface area contributed by atoms with Crippen molar-refractivity contribution in [1.29, 1.82) is 0 Å². The lowest BCUT2D eigenvalue weighted by atomic mass is 9.86. The van der Waals surface area contributed by atoms with Crippen LogP contribution in [0.15, 0.2) is 29.1 Å². The van der Waals surface area contributed by atoms with E-state index >= 15 is 0 Å². The average Bonchev–Trinajstić information content (AvgIpc) is 3.14. The van der Waals surface area contributed by atoms with E-state index in [1.165, 1.54) is 0 Å². The van der Waals surface area contributed by atoms with Gasteiger partial charge in [0.25, 0.3) is 5.56 Å². The van der Waals surface area contributed by atoms with Gasteiger partial charge in [-0.15, -0.1) is 0 Å². The summed E-state index contributed by atoms with van der Waals surface area (Å²) in [6.07, 6.45) is 0.124. The number of hydrogen-bond acceptors (Lipinski definition) is 7. The Labute approximate surface area is 198 Å². The third-order valence-electron chi connectivity index (χ3n) is 6.72. The number of aromatic nitrogens is 2. The average molecular weight is 463 g/mol. The Morgan fingerprint density at radius 3 is 2.71 bits per heavy atom. The molecule has 0 saturated heterocycles. The minimum absolute atomic E-state index is 0.124. The Bertz CT molecular complexity index is 1390. The van der Waals surface area contributed by atoms with Gasteiger partial charge in [0, 0.05) is 34.8 Å². The summed E-state index contributed by atoms with van der Waals surface area (Å²) in [6.45, 7) is 6.94. The van der Waals surface area contributed by atoms with Gasteiger partial charge in [-0.05, 0) is 64.2 Å². The number of esters is 1. The van der Waals surface area contributed by atoms with Gasteiger partial charge in [-0.1, -0.05) is 6.92 Å². The van der Waals surface area contributed by atoms with Crippen LogP contribution < -0.4 is 10.9 Å². The summed E-state index contributed by atoms with van der Waals surface area (Å²) in [7, 11) is 4.08. The third-order valence-corrected chi connectivity index (χ3v) is 6.72. The molecule has 0 radical (unpaired) electrons. The van der Waals surface area contributed by atoms with E-state index in [1.807, 2.05) is 20.2 Å². The van der Waals surface area contributed by atoms with E-state index in [0.717, 1.165) is 34.3 Å². The van der Waals surface area contributed by atoms with Gasteiger partial charge < -0.3 is 24.6 Å². The predicted molar refractivity (Wildman–Crippen MR) is 131 cm³/mol. The number of nitrogens with one attached hydrogen (secondary N) is 1. The molecule has 1 aromatic carbocycles. The number of anilines is 1. The Kier molecular flexibility index (Phi) is 5.26. The Balaban J connectivity index is 1.72. The van der Waals surface area contributed by atoms with Crippen LogP contribution in [0.5, 0.6) is 0 Å². The van der Waals surface area contributed by atoms with Gasteiger partial charge in [0.05, 0.1) is 29.0 Å². The van der Waals surface area contributed by atoms with Crippen molar-refractivity contribution >= 4 is 22.6 Å². The zero-order valence-electron chi connectivity index (χ0n) is 20.2. The summed E-state index contributed by atoms with van der Waals surface area (Å²) < 4.78 is 6.83. The van der Waals surface area contributed by atoms with Crippen LogP contribution in [0.4, 0.5) is 5.69 Å². The molecule has 2 aromatic heterocycles. The maximum atomic E-state index is 13.4. The highest BCUT2D eigenvalue weighted by Crippen LogP contribution is 2.39. The molecule has 0 saturated carbocycles. The van der Waals surface area contributed by atoms with Crippen LogP contribution in [0.3, 0.4) is 0 Å². The lowest BCUT2D eigenvalue weighted by Gasteiger charge is -2.31. The number of pyridine rings is 2. The van der Waals surface area contributed by atoms with E-state index in [0.29, 0.717) is 29.1 Å². The number of hydrogen-bond donors (Lipinski definition) is 2. The van der Waals surface area contributed by atoms with Crippen molar-refractivity contribution in [1.82, 2.24) is 14.5 Å². The summed E-state index contributed by atoms with van der Waals surface area (Å²) in [4.78, 5) is 32.8. The number of fused-ring (bicyclic) bond motifs is 5. The van der Waals surface area contributed by atoms with E-state index in [9.17, 15) is 14.7 Å². The summed E-state index contributed by atoms with van der Waals surface area (Å²) in [6, 6.07) is 8.22. The largest absolute Gasteiger partial charge is 0.458 e. The van der Waals surface area contributed by atoms with Crippen LogP contribution in [0.1, 0.15) is 49.4 Å². The number of rotatable bonds is 5. The topological polar surface area (TPSA) is 96.7 Å². The zero-order valence-corrected chi connectivity index (χ0v) is 20.2. The molecule has 2 N–H and O–H groups in total. The van der Waals surface area contributed by atoms with Gasteiger partial charge in [0.1, 0.15) is 6.61 Å². The van der Waals surface area contributed by atoms with Crippen LogP contribution in [-0.4, -0.2) is 45.7 Å². The highest BCUT2D eigenvalue weighted by atomic mass is 16.6. The summed E-state index contributed by atoms with van der Waals surface area (Å²) in [5, 5.41) is 15.6. The van der Waals surface area contributed by atoms with Crippen molar-refractivity contribution in [2.75, 3.05) is 19.4 Å². The van der Waals surface area contributed by atoms with Gasteiger partial charge in [-0.3, -0.25) is 4.79 Å². The highest BCUT2D eigenvalue weighted by Gasteiger charge is 2.45. The SMILES string of the molecule is CC[C@@]1(O)C(=O)OCc2c1cc1n(c2=O)Cc2cc3c(CN(C)C)c(NC(C)C)ccc3nc2-1. The second kappa shape index (κ2) is 7.92. The molecular formula is C26H30N4O4. The quantitative estimate of drug-likeness (QED) is 0.440. The minimum Gasteiger partial charge on any atom is -0.458 e. The first kappa shape index (κ1) is 22.6. The van der Waals surface area contributed by atoms with Gasteiger partial charge in [0.2, 0.25) is 0 Å². The van der Waals surface area contributed by atoms with Crippen LogP contribution >= 0.6 is 0 Å². The van der Waals surface area contributed by atoms with Gasteiger partial charge >= 0.3 is 5.97 Å². The molecule has 2 aliphatic rings. The number of carbonyl (C=O) groups excluding carboxylic acids is 1. The number of aliphatic hydroxyl groups is 1. The molecule has 0 fully saturated rings. The molecule has 0 unspecified atom stereocenters. The van der Waals surface area contributed by atoms with Crippen LogP contribution in [0, 0.1) is 0 Å². The fourth-order valence-corrected chi connectivity index (χ4v) is 5.04. The van der Waals surface area contributed by atoms with Crippen LogP contribution in [0.2, 0.25) is 0 Å². The minimum atomic E-state index is -1.82. The molecule has 3 aromatic rings. The second-order valence-electron chi connectivity index (χ2n) is 9.79. The normalized spacial score (nSPS) is 18.8. The molecule has 4 heterocycles. The van der Waals surface area contributed by atoms with Gasteiger partial charge in [-0.25, -0.2) is 9.78 Å². The lowest BCUT2D eigenvalue weighted by molar-refractivity contribution is -0.172. The fourth-order valence-electron chi connectivity index (χ4n) is 5.04. The first-order valence-electron chi connectivity index (χ1n) is 11.7. The van der Waals surface area contributed by atoms with E-state index < -0.39 is 11.6 Å². The molecule has 178 valence electrons. The Morgan fingerprint density at radius 2 is 2.03 bits per heavy atom. The molecule has 0 bridgehead atoms. The maximum Gasteiger partial charge on any atom is 0.343 e. The zero-order chi connectivity index (χ0) is 24.4. The second-order valence-corrected chi connectivity index (χ2v) is 9.79.